The lowest BCUT2D eigenvalue weighted by Gasteiger charge is -2.33. The van der Waals surface area contributed by atoms with Crippen LogP contribution in [0.5, 0.6) is 0 Å². The third-order valence-corrected chi connectivity index (χ3v) is 4.69. The zero-order chi connectivity index (χ0) is 15.0. The van der Waals surface area contributed by atoms with Gasteiger partial charge < -0.3 is 10.0 Å². The summed E-state index contributed by atoms with van der Waals surface area (Å²) >= 11 is 5.98. The normalized spacial score (nSPS) is 28.2. The monoisotopic (exact) mass is 307 g/mol. The highest BCUT2D eigenvalue weighted by Crippen LogP contribution is 2.49. The van der Waals surface area contributed by atoms with Crippen LogP contribution in [-0.2, 0) is 9.59 Å². The number of benzene rings is 1. The van der Waals surface area contributed by atoms with Crippen LogP contribution in [0.2, 0.25) is 5.02 Å². The molecule has 1 saturated heterocycles. The summed E-state index contributed by atoms with van der Waals surface area (Å²) in [6.45, 7) is 0.564. The van der Waals surface area contributed by atoms with Crippen molar-refractivity contribution in [3.05, 3.63) is 34.9 Å². The number of nitrogens with zero attached hydrogens (tertiary/aromatic N) is 1. The summed E-state index contributed by atoms with van der Waals surface area (Å²) in [5, 5.41) is 9.94. The smallest absolute Gasteiger partial charge is 0.326 e. The highest BCUT2D eigenvalue weighted by molar-refractivity contribution is 6.30. The molecule has 0 spiro atoms. The topological polar surface area (TPSA) is 57.6 Å². The molecule has 4 nitrogen and oxygen atoms in total. The SMILES string of the molecule is O=C(O)C1CCCCN1C(=O)C1CC1c1cccc(Cl)c1. The fraction of sp³-hybridized carbons (Fsp3) is 0.500. The number of carbonyl (C=O) groups excluding carboxylic acids is 1. The Labute approximate surface area is 128 Å². The Morgan fingerprint density at radius 3 is 2.81 bits per heavy atom. The largest absolute Gasteiger partial charge is 0.480 e. The zero-order valence-corrected chi connectivity index (χ0v) is 12.4. The van der Waals surface area contributed by atoms with Gasteiger partial charge in [-0.3, -0.25) is 4.79 Å². The fourth-order valence-electron chi connectivity index (χ4n) is 3.24. The van der Waals surface area contributed by atoms with Gasteiger partial charge in [0.2, 0.25) is 5.91 Å². The molecule has 3 unspecified atom stereocenters. The molecule has 1 saturated carbocycles. The Morgan fingerprint density at radius 2 is 2.10 bits per heavy atom. The van der Waals surface area contributed by atoms with Crippen molar-refractivity contribution in [2.24, 2.45) is 5.92 Å². The minimum absolute atomic E-state index is 0.00734. The summed E-state index contributed by atoms with van der Waals surface area (Å²) in [7, 11) is 0. The molecule has 0 aromatic heterocycles. The summed E-state index contributed by atoms with van der Waals surface area (Å²) in [5.74, 6) is -0.786. The van der Waals surface area contributed by atoms with E-state index in [1.54, 1.807) is 4.90 Å². The van der Waals surface area contributed by atoms with Crippen LogP contribution in [-0.4, -0.2) is 34.5 Å². The van der Waals surface area contributed by atoms with E-state index in [1.165, 1.54) is 0 Å². The first kappa shape index (κ1) is 14.4. The molecule has 0 bridgehead atoms. The van der Waals surface area contributed by atoms with Crippen LogP contribution in [0.15, 0.2) is 24.3 Å². The Morgan fingerprint density at radius 1 is 1.29 bits per heavy atom. The third kappa shape index (κ3) is 2.91. The first-order valence-corrected chi connectivity index (χ1v) is 7.74. The van der Waals surface area contributed by atoms with Crippen LogP contribution in [0.4, 0.5) is 0 Å². The molecule has 112 valence electrons. The maximum atomic E-state index is 12.6. The minimum atomic E-state index is -0.886. The number of aliphatic carboxylic acids is 1. The van der Waals surface area contributed by atoms with Gasteiger partial charge in [0.15, 0.2) is 0 Å². The van der Waals surface area contributed by atoms with E-state index >= 15 is 0 Å². The van der Waals surface area contributed by atoms with E-state index in [4.69, 9.17) is 11.6 Å². The van der Waals surface area contributed by atoms with Crippen molar-refractivity contribution in [2.45, 2.75) is 37.6 Å². The molecule has 2 fully saturated rings. The molecule has 1 aromatic carbocycles. The summed E-state index contributed by atoms with van der Waals surface area (Å²) < 4.78 is 0. The Hall–Kier alpha value is -1.55. The molecule has 1 aliphatic heterocycles. The molecule has 1 amide bonds. The van der Waals surface area contributed by atoms with Crippen molar-refractivity contribution in [3.8, 4) is 0 Å². The highest BCUT2D eigenvalue weighted by Gasteiger charge is 2.48. The number of rotatable bonds is 3. The van der Waals surface area contributed by atoms with Crippen molar-refractivity contribution in [1.29, 1.82) is 0 Å². The van der Waals surface area contributed by atoms with Gasteiger partial charge in [0.05, 0.1) is 0 Å². The molecule has 3 atom stereocenters. The van der Waals surface area contributed by atoms with Crippen molar-refractivity contribution in [2.75, 3.05) is 6.54 Å². The summed E-state index contributed by atoms with van der Waals surface area (Å²) in [6.07, 6.45) is 3.13. The summed E-state index contributed by atoms with van der Waals surface area (Å²) in [6, 6.07) is 6.93. The number of carboxylic acid groups (broad SMARTS) is 1. The van der Waals surface area contributed by atoms with E-state index in [0.29, 0.717) is 18.0 Å². The molecule has 0 radical (unpaired) electrons. The van der Waals surface area contributed by atoms with Crippen molar-refractivity contribution < 1.29 is 14.7 Å². The third-order valence-electron chi connectivity index (χ3n) is 4.46. The lowest BCUT2D eigenvalue weighted by atomic mass is 10.0. The summed E-state index contributed by atoms with van der Waals surface area (Å²) in [5.41, 5.74) is 1.07. The van der Waals surface area contributed by atoms with E-state index in [0.717, 1.165) is 24.8 Å². The first-order valence-electron chi connectivity index (χ1n) is 7.36. The van der Waals surface area contributed by atoms with Crippen LogP contribution in [0.25, 0.3) is 0 Å². The molecule has 5 heteroatoms. The van der Waals surface area contributed by atoms with Gasteiger partial charge in [-0.05, 0) is 49.3 Å². The summed E-state index contributed by atoms with van der Waals surface area (Å²) in [4.78, 5) is 25.4. The number of likely N-dealkylation sites (tertiary alicyclic amines) is 1. The maximum Gasteiger partial charge on any atom is 0.326 e. The second-order valence-corrected chi connectivity index (χ2v) is 6.32. The Balaban J connectivity index is 1.70. The number of hydrogen-bond donors (Lipinski definition) is 1. The molecule has 3 rings (SSSR count). The van der Waals surface area contributed by atoms with Crippen LogP contribution in [0.3, 0.4) is 0 Å². The molecule has 1 N–H and O–H groups in total. The quantitative estimate of drug-likeness (QED) is 0.934. The number of carbonyl (C=O) groups is 2. The average Bonchev–Trinajstić information content (AvgIpc) is 3.27. The standard InChI is InChI=1S/C16H18ClNO3/c17-11-5-3-4-10(8-11)12-9-13(12)15(19)18-7-2-1-6-14(18)16(20)21/h3-5,8,12-14H,1-2,6-7,9H2,(H,20,21). The van der Waals surface area contributed by atoms with Crippen molar-refractivity contribution in [3.63, 3.8) is 0 Å². The van der Waals surface area contributed by atoms with Gasteiger partial charge in [0, 0.05) is 17.5 Å². The van der Waals surface area contributed by atoms with E-state index in [1.807, 2.05) is 24.3 Å². The van der Waals surface area contributed by atoms with Crippen LogP contribution < -0.4 is 0 Å². The Kier molecular flexibility index (Phi) is 3.89. The lowest BCUT2D eigenvalue weighted by molar-refractivity contribution is -0.152. The van der Waals surface area contributed by atoms with Crippen LogP contribution >= 0.6 is 11.6 Å². The predicted octanol–water partition coefficient (Wildman–Crippen LogP) is 2.91. The van der Waals surface area contributed by atoms with Gasteiger partial charge in [-0.1, -0.05) is 23.7 Å². The van der Waals surface area contributed by atoms with Crippen LogP contribution in [0.1, 0.15) is 37.2 Å². The van der Waals surface area contributed by atoms with E-state index in [2.05, 4.69) is 0 Å². The average molecular weight is 308 g/mol. The number of carboxylic acids is 1. The molecule has 1 heterocycles. The van der Waals surface area contributed by atoms with Crippen molar-refractivity contribution >= 4 is 23.5 Å². The number of hydrogen-bond acceptors (Lipinski definition) is 2. The van der Waals surface area contributed by atoms with E-state index < -0.39 is 12.0 Å². The van der Waals surface area contributed by atoms with E-state index in [9.17, 15) is 14.7 Å². The second-order valence-electron chi connectivity index (χ2n) is 5.89. The van der Waals surface area contributed by atoms with Gasteiger partial charge in [-0.25, -0.2) is 4.79 Å². The van der Waals surface area contributed by atoms with Gasteiger partial charge >= 0.3 is 5.97 Å². The molecule has 21 heavy (non-hydrogen) atoms. The van der Waals surface area contributed by atoms with E-state index in [-0.39, 0.29) is 17.7 Å². The molecule has 2 aliphatic rings. The van der Waals surface area contributed by atoms with Gasteiger partial charge in [-0.15, -0.1) is 0 Å². The zero-order valence-electron chi connectivity index (χ0n) is 11.7. The lowest BCUT2D eigenvalue weighted by Crippen LogP contribution is -2.48. The molecular weight excluding hydrogens is 290 g/mol. The maximum absolute atomic E-state index is 12.6. The Bertz CT molecular complexity index is 574. The highest BCUT2D eigenvalue weighted by atomic mass is 35.5. The number of amides is 1. The number of halogens is 1. The molecule has 1 aromatic rings. The molecular formula is C16H18ClNO3. The van der Waals surface area contributed by atoms with Gasteiger partial charge in [0.25, 0.3) is 0 Å². The van der Waals surface area contributed by atoms with Crippen LogP contribution in [0, 0.1) is 5.92 Å². The van der Waals surface area contributed by atoms with Gasteiger partial charge in [-0.2, -0.15) is 0 Å². The predicted molar refractivity (Wildman–Crippen MR) is 79.3 cm³/mol. The van der Waals surface area contributed by atoms with Gasteiger partial charge in [0.1, 0.15) is 6.04 Å². The fourth-order valence-corrected chi connectivity index (χ4v) is 3.44. The minimum Gasteiger partial charge on any atom is -0.480 e. The molecule has 1 aliphatic carbocycles. The van der Waals surface area contributed by atoms with Crippen molar-refractivity contribution in [1.82, 2.24) is 4.90 Å². The first-order chi connectivity index (χ1) is 10.1. The number of piperidine rings is 1. The second kappa shape index (κ2) is 5.68.